The molecule has 0 spiro atoms. The van der Waals surface area contributed by atoms with E-state index in [4.69, 9.17) is 10.5 Å². The molecule has 0 unspecified atom stereocenters. The summed E-state index contributed by atoms with van der Waals surface area (Å²) >= 11 is 0.482. The van der Waals surface area contributed by atoms with Crippen LogP contribution in [0, 0.1) is 0 Å². The molecule has 1 aromatic carbocycles. The molecule has 4 nitrogen and oxygen atoms in total. The van der Waals surface area contributed by atoms with Crippen molar-refractivity contribution < 1.29 is 13.5 Å². The highest BCUT2D eigenvalue weighted by Gasteiger charge is 2.11. The number of pyridine rings is 1. The van der Waals surface area contributed by atoms with Crippen molar-refractivity contribution in [3.63, 3.8) is 0 Å². The van der Waals surface area contributed by atoms with Gasteiger partial charge in [-0.15, -0.1) is 0 Å². The Kier molecular flexibility index (Phi) is 5.21. The second-order valence-electron chi connectivity index (χ2n) is 4.02. The number of para-hydroxylation sites is 1. The number of nitrogens with one attached hydrogen (secondary N) is 1. The second kappa shape index (κ2) is 7.12. The quantitative estimate of drug-likeness (QED) is 0.786. The minimum atomic E-state index is -2.48. The number of hydrogen-bond donors (Lipinski definition) is 2. The lowest BCUT2D eigenvalue weighted by atomic mass is 10.3. The fourth-order valence-corrected chi connectivity index (χ4v) is 2.27. The maximum atomic E-state index is 12.5. The average molecular weight is 311 g/mol. The Morgan fingerprint density at radius 3 is 2.76 bits per heavy atom. The zero-order chi connectivity index (χ0) is 15.2. The molecule has 7 heteroatoms. The second-order valence-corrected chi connectivity index (χ2v) is 5.06. The highest BCUT2D eigenvalue weighted by Crippen LogP contribution is 2.33. The summed E-state index contributed by atoms with van der Waals surface area (Å²) in [6.45, 7) is 2.27. The van der Waals surface area contributed by atoms with Gasteiger partial charge < -0.3 is 15.8 Å². The van der Waals surface area contributed by atoms with Crippen molar-refractivity contribution in [2.24, 2.45) is 0 Å². The van der Waals surface area contributed by atoms with E-state index < -0.39 is 5.76 Å². The topological polar surface area (TPSA) is 60.2 Å². The number of thioether (sulfide) groups is 1. The van der Waals surface area contributed by atoms with Gasteiger partial charge in [-0.1, -0.05) is 23.9 Å². The summed E-state index contributed by atoms with van der Waals surface area (Å²) in [6.07, 6.45) is 0. The van der Waals surface area contributed by atoms with E-state index in [1.54, 1.807) is 36.4 Å². The van der Waals surface area contributed by atoms with Gasteiger partial charge in [-0.3, -0.25) is 0 Å². The maximum Gasteiger partial charge on any atom is 0.288 e. The number of nitrogens with zero attached hydrogens (tertiary/aromatic N) is 1. The van der Waals surface area contributed by atoms with E-state index in [-0.39, 0.29) is 0 Å². The van der Waals surface area contributed by atoms with Crippen LogP contribution in [-0.4, -0.2) is 17.3 Å². The number of ether oxygens (including phenoxy) is 1. The van der Waals surface area contributed by atoms with E-state index in [2.05, 4.69) is 10.3 Å². The number of nitrogen functional groups attached to an aromatic ring is 1. The molecule has 1 aromatic heterocycles. The van der Waals surface area contributed by atoms with Crippen LogP contribution in [0.5, 0.6) is 5.88 Å². The van der Waals surface area contributed by atoms with E-state index in [0.29, 0.717) is 46.3 Å². The predicted molar refractivity (Wildman–Crippen MR) is 81.4 cm³/mol. The van der Waals surface area contributed by atoms with E-state index in [1.165, 1.54) is 0 Å². The van der Waals surface area contributed by atoms with Gasteiger partial charge in [-0.05, 0) is 31.2 Å². The summed E-state index contributed by atoms with van der Waals surface area (Å²) in [4.78, 5) is 4.67. The molecule has 0 amide bonds. The fraction of sp³-hybridized carbons (Fsp3) is 0.214. The fourth-order valence-electron chi connectivity index (χ4n) is 1.68. The summed E-state index contributed by atoms with van der Waals surface area (Å²) < 4.78 is 30.4. The number of rotatable bonds is 6. The zero-order valence-electron chi connectivity index (χ0n) is 11.3. The molecule has 0 radical (unpaired) electrons. The van der Waals surface area contributed by atoms with Gasteiger partial charge in [-0.2, -0.15) is 13.8 Å². The summed E-state index contributed by atoms with van der Waals surface area (Å²) in [6, 6.07) is 10.1. The Morgan fingerprint density at radius 2 is 2.05 bits per heavy atom. The molecular formula is C14H15F2N3OS. The molecule has 0 aliphatic rings. The molecule has 1 heterocycles. The third-order valence-corrected chi connectivity index (χ3v) is 3.32. The van der Waals surface area contributed by atoms with Crippen LogP contribution in [0.2, 0.25) is 0 Å². The first kappa shape index (κ1) is 15.4. The molecule has 21 heavy (non-hydrogen) atoms. The Hall–Kier alpha value is -2.02. The highest BCUT2D eigenvalue weighted by atomic mass is 32.2. The van der Waals surface area contributed by atoms with Crippen LogP contribution in [0.25, 0.3) is 0 Å². The number of halogens is 2. The van der Waals surface area contributed by atoms with Crippen LogP contribution in [0.4, 0.5) is 26.0 Å². The zero-order valence-corrected chi connectivity index (χ0v) is 12.2. The van der Waals surface area contributed by atoms with Crippen LogP contribution in [0.15, 0.2) is 41.3 Å². The van der Waals surface area contributed by atoms with Gasteiger partial charge in [0.1, 0.15) is 5.82 Å². The van der Waals surface area contributed by atoms with Gasteiger partial charge >= 0.3 is 0 Å². The Morgan fingerprint density at radius 1 is 1.29 bits per heavy atom. The third-order valence-electron chi connectivity index (χ3n) is 2.54. The van der Waals surface area contributed by atoms with Gasteiger partial charge in [0.2, 0.25) is 5.88 Å². The lowest BCUT2D eigenvalue weighted by Crippen LogP contribution is -2.02. The maximum absolute atomic E-state index is 12.5. The van der Waals surface area contributed by atoms with Crippen LogP contribution in [-0.2, 0) is 0 Å². The summed E-state index contributed by atoms with van der Waals surface area (Å²) in [7, 11) is 0. The van der Waals surface area contributed by atoms with Gasteiger partial charge in [0, 0.05) is 4.90 Å². The number of nitrogens with two attached hydrogens (primary N) is 1. The predicted octanol–water partition coefficient (Wildman–Crippen LogP) is 4.12. The summed E-state index contributed by atoms with van der Waals surface area (Å²) in [5, 5.41) is 3.00. The molecule has 0 saturated carbocycles. The number of hydrogen-bond acceptors (Lipinski definition) is 5. The summed E-state index contributed by atoms with van der Waals surface area (Å²) in [5.74, 6) is -1.68. The Balaban J connectivity index is 2.24. The first-order chi connectivity index (χ1) is 10.1. The van der Waals surface area contributed by atoms with Crippen molar-refractivity contribution in [3.8, 4) is 5.88 Å². The normalized spacial score (nSPS) is 10.7. The van der Waals surface area contributed by atoms with E-state index in [9.17, 15) is 8.78 Å². The van der Waals surface area contributed by atoms with E-state index >= 15 is 0 Å². The summed E-state index contributed by atoms with van der Waals surface area (Å²) in [5.41, 5.74) is 6.73. The van der Waals surface area contributed by atoms with E-state index in [1.807, 2.05) is 6.92 Å². The molecule has 2 rings (SSSR count). The van der Waals surface area contributed by atoms with Gasteiger partial charge in [-0.25, -0.2) is 0 Å². The molecule has 0 aliphatic heterocycles. The standard InChI is InChI=1S/C14H15F2N3OS/c1-2-20-13-9(17)7-8-12(19-13)18-10-5-3-4-6-11(10)21-14(15)16/h3-8,14H,2,17H2,1H3,(H,18,19). The van der Waals surface area contributed by atoms with Gasteiger partial charge in [0.05, 0.1) is 18.0 Å². The van der Waals surface area contributed by atoms with Crippen LogP contribution in [0.1, 0.15) is 6.92 Å². The molecule has 0 bridgehead atoms. The number of alkyl halides is 2. The molecule has 0 atom stereocenters. The van der Waals surface area contributed by atoms with Crippen molar-refractivity contribution in [1.29, 1.82) is 0 Å². The first-order valence-corrected chi connectivity index (χ1v) is 7.18. The van der Waals surface area contributed by atoms with Crippen molar-refractivity contribution in [2.45, 2.75) is 17.6 Å². The molecule has 112 valence electrons. The van der Waals surface area contributed by atoms with E-state index in [0.717, 1.165) is 0 Å². The first-order valence-electron chi connectivity index (χ1n) is 6.30. The smallest absolute Gasteiger partial charge is 0.288 e. The highest BCUT2D eigenvalue weighted by molar-refractivity contribution is 7.99. The third kappa shape index (κ3) is 4.22. The minimum Gasteiger partial charge on any atom is -0.476 e. The molecule has 0 saturated heterocycles. The van der Waals surface area contributed by atoms with Crippen molar-refractivity contribution in [2.75, 3.05) is 17.7 Å². The number of anilines is 3. The monoisotopic (exact) mass is 311 g/mol. The molecule has 0 fully saturated rings. The molecule has 2 aromatic rings. The van der Waals surface area contributed by atoms with Gasteiger partial charge in [0.25, 0.3) is 5.76 Å². The molecular weight excluding hydrogens is 296 g/mol. The molecule has 3 N–H and O–H groups in total. The lowest BCUT2D eigenvalue weighted by molar-refractivity contribution is 0.252. The Bertz CT molecular complexity index is 611. The van der Waals surface area contributed by atoms with Gasteiger partial charge in [0.15, 0.2) is 0 Å². The van der Waals surface area contributed by atoms with Crippen LogP contribution < -0.4 is 15.8 Å². The average Bonchev–Trinajstić information content (AvgIpc) is 2.44. The van der Waals surface area contributed by atoms with Crippen LogP contribution >= 0.6 is 11.8 Å². The SMILES string of the molecule is CCOc1nc(Nc2ccccc2SC(F)F)ccc1N. The van der Waals surface area contributed by atoms with Crippen molar-refractivity contribution in [3.05, 3.63) is 36.4 Å². The number of benzene rings is 1. The number of aromatic nitrogens is 1. The molecule has 0 aliphatic carbocycles. The Labute approximate surface area is 125 Å². The minimum absolute atomic E-state index is 0.321. The van der Waals surface area contributed by atoms with Crippen LogP contribution in [0.3, 0.4) is 0 Å². The van der Waals surface area contributed by atoms with Crippen molar-refractivity contribution >= 4 is 29.0 Å². The largest absolute Gasteiger partial charge is 0.476 e. The lowest BCUT2D eigenvalue weighted by Gasteiger charge is -2.12. The van der Waals surface area contributed by atoms with Crippen molar-refractivity contribution in [1.82, 2.24) is 4.98 Å².